The molecule has 0 saturated heterocycles. The van der Waals surface area contributed by atoms with Gasteiger partial charge in [0.05, 0.1) is 24.1 Å². The lowest BCUT2D eigenvalue weighted by Crippen LogP contribution is -2.31. The van der Waals surface area contributed by atoms with Crippen molar-refractivity contribution in [2.24, 2.45) is 0 Å². The van der Waals surface area contributed by atoms with E-state index in [0.717, 1.165) is 22.3 Å². The van der Waals surface area contributed by atoms with Gasteiger partial charge >= 0.3 is 12.1 Å². The highest BCUT2D eigenvalue weighted by molar-refractivity contribution is 5.76. The number of benzene rings is 3. The van der Waals surface area contributed by atoms with Crippen molar-refractivity contribution >= 4 is 17.0 Å². The lowest BCUT2D eigenvalue weighted by Gasteiger charge is -2.14. The van der Waals surface area contributed by atoms with Crippen LogP contribution in [0, 0.1) is 5.41 Å². The molecule has 7 nitrogen and oxygen atoms in total. The highest BCUT2D eigenvalue weighted by Gasteiger charge is 2.38. The lowest BCUT2D eigenvalue weighted by molar-refractivity contribution is -0.192. The van der Waals surface area contributed by atoms with Gasteiger partial charge in [-0.2, -0.15) is 13.2 Å². The van der Waals surface area contributed by atoms with Crippen molar-refractivity contribution in [1.29, 1.82) is 5.41 Å². The van der Waals surface area contributed by atoms with E-state index < -0.39 is 18.2 Å². The molecule has 0 aliphatic heterocycles. The summed E-state index contributed by atoms with van der Waals surface area (Å²) in [4.78, 5) is 8.90. The fourth-order valence-electron chi connectivity index (χ4n) is 3.81. The Morgan fingerprint density at radius 1 is 0.921 bits per heavy atom. The molecule has 3 N–H and O–H groups in total. The summed E-state index contributed by atoms with van der Waals surface area (Å²) < 4.78 is 41.4. The quantitative estimate of drug-likeness (QED) is 0.293. The molecule has 202 valence electrons. The minimum Gasteiger partial charge on any atom is -0.491 e. The molecule has 0 spiro atoms. The number of imidazole rings is 1. The van der Waals surface area contributed by atoms with Gasteiger partial charge in [-0.3, -0.25) is 5.41 Å². The number of fused-ring (bicyclic) bond motifs is 1. The fourth-order valence-corrected chi connectivity index (χ4v) is 3.81. The van der Waals surface area contributed by atoms with E-state index in [2.05, 4.69) is 38.1 Å². The summed E-state index contributed by atoms with van der Waals surface area (Å²) in [7, 11) is 0. The molecule has 1 unspecified atom stereocenters. The molecule has 1 heterocycles. The van der Waals surface area contributed by atoms with Crippen LogP contribution in [0.4, 0.5) is 13.2 Å². The molecule has 1 aromatic heterocycles. The van der Waals surface area contributed by atoms with Crippen LogP contribution in [0.3, 0.4) is 0 Å². The van der Waals surface area contributed by atoms with Gasteiger partial charge in [-0.15, -0.1) is 0 Å². The number of carboxylic acids is 1. The van der Waals surface area contributed by atoms with Crippen LogP contribution in [0.5, 0.6) is 5.75 Å². The summed E-state index contributed by atoms with van der Waals surface area (Å²) in [6, 6.07) is 26.1. The van der Waals surface area contributed by atoms with Crippen molar-refractivity contribution in [2.45, 2.75) is 45.1 Å². The molecule has 10 heteroatoms. The van der Waals surface area contributed by atoms with Gasteiger partial charge in [-0.25, -0.2) is 4.79 Å². The predicted octanol–water partition coefficient (Wildman–Crippen LogP) is 5.17. The monoisotopic (exact) mass is 529 g/mol. The fraction of sp³-hybridized carbons (Fsp3) is 0.286. The van der Waals surface area contributed by atoms with Crippen molar-refractivity contribution < 1.29 is 32.9 Å². The molecule has 4 rings (SSSR count). The number of halogens is 3. The minimum absolute atomic E-state index is 0.172. The van der Waals surface area contributed by atoms with Gasteiger partial charge in [-0.1, -0.05) is 68.4 Å². The summed E-state index contributed by atoms with van der Waals surface area (Å²) in [5.41, 5.74) is 4.68. The number of hydrogen-bond acceptors (Lipinski definition) is 4. The zero-order valence-electron chi connectivity index (χ0n) is 21.0. The predicted molar refractivity (Wildman–Crippen MR) is 137 cm³/mol. The third kappa shape index (κ3) is 7.48. The number of nitrogens with one attached hydrogen (secondary N) is 1. The van der Waals surface area contributed by atoms with Crippen molar-refractivity contribution in [2.75, 3.05) is 6.61 Å². The number of alkyl halides is 3. The molecule has 0 amide bonds. The third-order valence-electron chi connectivity index (χ3n) is 5.78. The van der Waals surface area contributed by atoms with E-state index in [0.29, 0.717) is 24.6 Å². The lowest BCUT2D eigenvalue weighted by atomic mass is 10.0. The standard InChI is InChI=1S/C26H29N3O2.C2HF3O2/c1-19(2)21-12-14-23(15-13-21)31-18-22(30)17-29-25-11-7-6-10-24(25)28(26(29)27)16-20-8-4-3-5-9-20;3-2(4,5)1(6)7/h3-15,19,22,27,30H,16-18H2,1-2H3;(H,6,7). The van der Waals surface area contributed by atoms with E-state index in [1.807, 2.05) is 63.7 Å². The number of carbonyl (C=O) groups is 1. The maximum Gasteiger partial charge on any atom is 0.490 e. The van der Waals surface area contributed by atoms with Crippen molar-refractivity contribution in [3.63, 3.8) is 0 Å². The summed E-state index contributed by atoms with van der Waals surface area (Å²) in [6.07, 6.45) is -5.81. The van der Waals surface area contributed by atoms with Gasteiger partial charge in [0.1, 0.15) is 18.5 Å². The molecule has 38 heavy (non-hydrogen) atoms. The van der Waals surface area contributed by atoms with E-state index in [1.54, 1.807) is 0 Å². The highest BCUT2D eigenvalue weighted by atomic mass is 19.4. The molecular weight excluding hydrogens is 499 g/mol. The average molecular weight is 530 g/mol. The molecule has 0 fully saturated rings. The summed E-state index contributed by atoms with van der Waals surface area (Å²) in [5.74, 6) is -1.54. The smallest absolute Gasteiger partial charge is 0.490 e. The Hall–Kier alpha value is -4.05. The molecule has 0 saturated carbocycles. The zero-order valence-corrected chi connectivity index (χ0v) is 21.0. The van der Waals surface area contributed by atoms with Gasteiger partial charge in [0.15, 0.2) is 0 Å². The van der Waals surface area contributed by atoms with Crippen LogP contribution in [-0.2, 0) is 17.9 Å². The van der Waals surface area contributed by atoms with Gasteiger partial charge in [0.2, 0.25) is 5.62 Å². The molecule has 0 aliphatic carbocycles. The van der Waals surface area contributed by atoms with E-state index in [1.165, 1.54) is 5.56 Å². The number of aliphatic hydroxyl groups is 1. The second-order valence-electron chi connectivity index (χ2n) is 8.99. The van der Waals surface area contributed by atoms with Crippen LogP contribution in [0.25, 0.3) is 11.0 Å². The number of aliphatic hydroxyl groups excluding tert-OH is 1. The van der Waals surface area contributed by atoms with E-state index >= 15 is 0 Å². The van der Waals surface area contributed by atoms with E-state index in [9.17, 15) is 18.3 Å². The minimum atomic E-state index is -5.08. The van der Waals surface area contributed by atoms with Crippen molar-refractivity contribution in [3.05, 3.63) is 95.6 Å². The summed E-state index contributed by atoms with van der Waals surface area (Å²) in [6.45, 7) is 5.39. The van der Waals surface area contributed by atoms with Gasteiger partial charge < -0.3 is 24.1 Å². The Morgan fingerprint density at radius 2 is 1.45 bits per heavy atom. The van der Waals surface area contributed by atoms with Crippen LogP contribution in [0.1, 0.15) is 30.9 Å². The third-order valence-corrected chi connectivity index (χ3v) is 5.78. The Morgan fingerprint density at radius 3 is 1.97 bits per heavy atom. The molecule has 4 aromatic rings. The maximum absolute atomic E-state index is 10.7. The topological polar surface area (TPSA) is 100 Å². The van der Waals surface area contributed by atoms with Crippen LogP contribution < -0.4 is 10.4 Å². The Kier molecular flexibility index (Phi) is 9.35. The number of aromatic nitrogens is 2. The number of para-hydroxylation sites is 2. The first kappa shape index (κ1) is 28.5. The molecule has 3 aromatic carbocycles. The Labute approximate surface area is 217 Å². The van der Waals surface area contributed by atoms with Crippen LogP contribution in [0.2, 0.25) is 0 Å². The number of aliphatic carboxylic acids is 1. The normalized spacial score (nSPS) is 12.2. The molecule has 0 bridgehead atoms. The second-order valence-corrected chi connectivity index (χ2v) is 8.99. The van der Waals surface area contributed by atoms with Crippen LogP contribution in [-0.4, -0.2) is 44.2 Å². The number of rotatable bonds is 8. The highest BCUT2D eigenvalue weighted by Crippen LogP contribution is 2.19. The molecule has 0 aliphatic rings. The molecule has 0 radical (unpaired) electrons. The van der Waals surface area contributed by atoms with Gasteiger partial charge in [0, 0.05) is 0 Å². The first-order valence-corrected chi connectivity index (χ1v) is 11.9. The number of ether oxygens (including phenoxy) is 1. The summed E-state index contributed by atoms with van der Waals surface area (Å²) in [5, 5.41) is 26.5. The molecule has 1 atom stereocenters. The first-order valence-electron chi connectivity index (χ1n) is 11.9. The number of nitrogens with zero attached hydrogens (tertiary/aromatic N) is 2. The first-order chi connectivity index (χ1) is 18.0. The largest absolute Gasteiger partial charge is 0.491 e. The average Bonchev–Trinajstić information content (AvgIpc) is 3.14. The van der Waals surface area contributed by atoms with Gasteiger partial charge in [0.25, 0.3) is 0 Å². The number of carboxylic acid groups (broad SMARTS) is 1. The maximum atomic E-state index is 10.7. The second kappa shape index (κ2) is 12.5. The Balaban J connectivity index is 0.000000505. The van der Waals surface area contributed by atoms with Crippen LogP contribution in [0.15, 0.2) is 78.9 Å². The number of hydrogen-bond donors (Lipinski definition) is 3. The van der Waals surface area contributed by atoms with Crippen molar-refractivity contribution in [1.82, 2.24) is 9.13 Å². The van der Waals surface area contributed by atoms with E-state index in [4.69, 9.17) is 20.0 Å². The van der Waals surface area contributed by atoms with Gasteiger partial charge in [-0.05, 0) is 41.3 Å². The molecular formula is C28H30F3N3O4. The van der Waals surface area contributed by atoms with E-state index in [-0.39, 0.29) is 6.61 Å². The SMILES string of the molecule is CC(C)c1ccc(OCC(O)Cn2c(=N)n(Cc3ccccc3)c3ccccc32)cc1.O=C(O)C(F)(F)F. The van der Waals surface area contributed by atoms with Crippen molar-refractivity contribution in [3.8, 4) is 5.75 Å². The zero-order chi connectivity index (χ0) is 27.9. The Bertz CT molecular complexity index is 1400. The van der Waals surface area contributed by atoms with Crippen LogP contribution >= 0.6 is 0 Å². The summed E-state index contributed by atoms with van der Waals surface area (Å²) >= 11 is 0.